The molecule has 0 saturated heterocycles. The second kappa shape index (κ2) is 4.62. The molecule has 0 atom stereocenters. The average molecular weight is 197 g/mol. The molecular weight excluding hydrogens is 178 g/mol. The molecule has 0 saturated carbocycles. The largest absolute Gasteiger partial charge is 0.472 e. The Bertz CT molecular complexity index is 249. The maximum atomic E-state index is 9.55. The first-order valence-corrected chi connectivity index (χ1v) is 4.89. The highest BCUT2D eigenvalue weighted by Crippen LogP contribution is 2.09. The lowest BCUT2D eigenvalue weighted by atomic mass is 10.1. The van der Waals surface area contributed by atoms with Gasteiger partial charge in [0.1, 0.15) is 0 Å². The van der Waals surface area contributed by atoms with Crippen molar-refractivity contribution in [1.82, 2.24) is 4.90 Å². The van der Waals surface area contributed by atoms with Crippen molar-refractivity contribution in [3.63, 3.8) is 0 Å². The van der Waals surface area contributed by atoms with Crippen molar-refractivity contribution in [3.8, 4) is 0 Å². The van der Waals surface area contributed by atoms with E-state index in [2.05, 4.69) is 4.90 Å². The van der Waals surface area contributed by atoms with Crippen LogP contribution in [0.2, 0.25) is 0 Å². The third-order valence-corrected chi connectivity index (χ3v) is 2.14. The minimum Gasteiger partial charge on any atom is -0.472 e. The number of furan rings is 1. The maximum Gasteiger partial charge on any atom is 0.0947 e. The van der Waals surface area contributed by atoms with Crippen molar-refractivity contribution in [2.75, 3.05) is 13.6 Å². The zero-order valence-electron chi connectivity index (χ0n) is 9.16. The van der Waals surface area contributed by atoms with Crippen LogP contribution in [0.1, 0.15) is 25.8 Å². The number of nitrogens with zero attached hydrogens (tertiary/aromatic N) is 1. The molecule has 0 aromatic carbocycles. The van der Waals surface area contributed by atoms with Gasteiger partial charge in [-0.25, -0.2) is 0 Å². The second-order valence-corrected chi connectivity index (χ2v) is 4.43. The molecule has 3 nitrogen and oxygen atoms in total. The highest BCUT2D eigenvalue weighted by atomic mass is 16.3. The van der Waals surface area contributed by atoms with E-state index >= 15 is 0 Å². The summed E-state index contributed by atoms with van der Waals surface area (Å²) in [6.45, 7) is 5.42. The van der Waals surface area contributed by atoms with Crippen LogP contribution >= 0.6 is 0 Å². The molecule has 0 amide bonds. The first-order chi connectivity index (χ1) is 6.47. The molecule has 0 aliphatic carbocycles. The second-order valence-electron chi connectivity index (χ2n) is 4.43. The van der Waals surface area contributed by atoms with E-state index in [1.54, 1.807) is 12.5 Å². The van der Waals surface area contributed by atoms with Gasteiger partial charge in [-0.05, 0) is 33.4 Å². The molecule has 0 aliphatic heterocycles. The van der Waals surface area contributed by atoms with E-state index in [1.807, 2.05) is 27.0 Å². The van der Waals surface area contributed by atoms with E-state index in [4.69, 9.17) is 4.42 Å². The molecular formula is C11H19NO2. The third-order valence-electron chi connectivity index (χ3n) is 2.14. The molecule has 1 N–H and O–H groups in total. The zero-order chi connectivity index (χ0) is 10.6. The van der Waals surface area contributed by atoms with Crippen LogP contribution in [0.4, 0.5) is 0 Å². The van der Waals surface area contributed by atoms with Gasteiger partial charge >= 0.3 is 0 Å². The summed E-state index contributed by atoms with van der Waals surface area (Å²) in [5.74, 6) is 0. The summed E-state index contributed by atoms with van der Waals surface area (Å²) in [5, 5.41) is 9.55. The molecule has 80 valence electrons. The summed E-state index contributed by atoms with van der Waals surface area (Å²) >= 11 is 0. The Kier molecular flexibility index (Phi) is 3.72. The molecule has 0 aliphatic rings. The predicted molar refractivity (Wildman–Crippen MR) is 56.0 cm³/mol. The summed E-state index contributed by atoms with van der Waals surface area (Å²) < 4.78 is 4.98. The molecule has 1 aromatic heterocycles. The molecule has 0 bridgehead atoms. The Morgan fingerprint density at radius 3 is 2.71 bits per heavy atom. The van der Waals surface area contributed by atoms with Gasteiger partial charge in [0.15, 0.2) is 0 Å². The fourth-order valence-corrected chi connectivity index (χ4v) is 1.24. The minimum absolute atomic E-state index is 0.579. The Balaban J connectivity index is 2.26. The lowest BCUT2D eigenvalue weighted by Gasteiger charge is -2.22. The maximum absolute atomic E-state index is 9.55. The van der Waals surface area contributed by atoms with Crippen molar-refractivity contribution < 1.29 is 9.52 Å². The van der Waals surface area contributed by atoms with Gasteiger partial charge in [-0.1, -0.05) is 0 Å². The summed E-state index contributed by atoms with van der Waals surface area (Å²) in [4.78, 5) is 2.17. The van der Waals surface area contributed by atoms with Crippen molar-refractivity contribution in [2.24, 2.45) is 0 Å². The van der Waals surface area contributed by atoms with Gasteiger partial charge in [0.2, 0.25) is 0 Å². The standard InChI is InChI=1S/C11H19NO2/c1-11(2,13)5-6-12(3)8-10-4-7-14-9-10/h4,7,9,13H,5-6,8H2,1-3H3. The van der Waals surface area contributed by atoms with Gasteiger partial charge in [0.25, 0.3) is 0 Å². The topological polar surface area (TPSA) is 36.6 Å². The molecule has 1 aromatic rings. The van der Waals surface area contributed by atoms with E-state index in [9.17, 15) is 5.11 Å². The summed E-state index contributed by atoms with van der Waals surface area (Å²) in [6, 6.07) is 1.96. The van der Waals surface area contributed by atoms with Crippen LogP contribution in [0.25, 0.3) is 0 Å². The van der Waals surface area contributed by atoms with Crippen LogP contribution in [0.3, 0.4) is 0 Å². The van der Waals surface area contributed by atoms with E-state index in [0.717, 1.165) is 19.5 Å². The van der Waals surface area contributed by atoms with Crippen LogP contribution < -0.4 is 0 Å². The molecule has 0 spiro atoms. The van der Waals surface area contributed by atoms with Gasteiger partial charge in [-0.15, -0.1) is 0 Å². The fraction of sp³-hybridized carbons (Fsp3) is 0.636. The molecule has 3 heteroatoms. The third kappa shape index (κ3) is 4.44. The Morgan fingerprint density at radius 1 is 1.50 bits per heavy atom. The van der Waals surface area contributed by atoms with E-state index in [1.165, 1.54) is 5.56 Å². The Morgan fingerprint density at radius 2 is 2.21 bits per heavy atom. The van der Waals surface area contributed by atoms with Crippen LogP contribution in [0.5, 0.6) is 0 Å². The van der Waals surface area contributed by atoms with Crippen LogP contribution in [-0.4, -0.2) is 29.2 Å². The molecule has 0 fully saturated rings. The molecule has 1 heterocycles. The molecule has 0 unspecified atom stereocenters. The average Bonchev–Trinajstić information content (AvgIpc) is 2.52. The predicted octanol–water partition coefficient (Wildman–Crippen LogP) is 1.87. The van der Waals surface area contributed by atoms with Crippen molar-refractivity contribution in [1.29, 1.82) is 0 Å². The SMILES string of the molecule is CN(CCC(C)(C)O)Cc1ccoc1. The summed E-state index contributed by atoms with van der Waals surface area (Å²) in [5.41, 5.74) is 0.591. The fourth-order valence-electron chi connectivity index (χ4n) is 1.24. The Hall–Kier alpha value is -0.800. The van der Waals surface area contributed by atoms with Gasteiger partial charge in [0, 0.05) is 18.7 Å². The molecule has 1 rings (SSSR count). The summed E-state index contributed by atoms with van der Waals surface area (Å²) in [6.07, 6.45) is 4.21. The van der Waals surface area contributed by atoms with Gasteiger partial charge in [0.05, 0.1) is 18.1 Å². The normalized spacial score (nSPS) is 12.4. The lowest BCUT2D eigenvalue weighted by molar-refractivity contribution is 0.0599. The number of aliphatic hydroxyl groups is 1. The zero-order valence-corrected chi connectivity index (χ0v) is 9.16. The van der Waals surface area contributed by atoms with Crippen LogP contribution in [0.15, 0.2) is 23.0 Å². The smallest absolute Gasteiger partial charge is 0.0947 e. The van der Waals surface area contributed by atoms with Crippen LogP contribution in [-0.2, 0) is 6.54 Å². The van der Waals surface area contributed by atoms with Crippen LogP contribution in [0, 0.1) is 0 Å². The first-order valence-electron chi connectivity index (χ1n) is 4.89. The molecule has 14 heavy (non-hydrogen) atoms. The van der Waals surface area contributed by atoms with Gasteiger partial charge in [-0.2, -0.15) is 0 Å². The van der Waals surface area contributed by atoms with E-state index < -0.39 is 5.60 Å². The number of hydrogen-bond acceptors (Lipinski definition) is 3. The molecule has 0 radical (unpaired) electrons. The van der Waals surface area contributed by atoms with Gasteiger partial charge in [-0.3, -0.25) is 0 Å². The summed E-state index contributed by atoms with van der Waals surface area (Å²) in [7, 11) is 2.04. The van der Waals surface area contributed by atoms with Crippen molar-refractivity contribution in [2.45, 2.75) is 32.4 Å². The lowest BCUT2D eigenvalue weighted by Crippen LogP contribution is -2.28. The van der Waals surface area contributed by atoms with Crippen molar-refractivity contribution >= 4 is 0 Å². The minimum atomic E-state index is -0.579. The Labute approximate surface area is 85.3 Å². The van der Waals surface area contributed by atoms with E-state index in [0.29, 0.717) is 0 Å². The highest BCUT2D eigenvalue weighted by molar-refractivity contribution is 5.04. The highest BCUT2D eigenvalue weighted by Gasteiger charge is 2.13. The number of hydrogen-bond donors (Lipinski definition) is 1. The first kappa shape index (κ1) is 11.3. The number of rotatable bonds is 5. The van der Waals surface area contributed by atoms with Crippen molar-refractivity contribution in [3.05, 3.63) is 24.2 Å². The monoisotopic (exact) mass is 197 g/mol. The van der Waals surface area contributed by atoms with E-state index in [-0.39, 0.29) is 0 Å². The van der Waals surface area contributed by atoms with Gasteiger partial charge < -0.3 is 14.4 Å². The quantitative estimate of drug-likeness (QED) is 0.783.